The molecule has 17 nitrogen and oxygen atoms in total. The van der Waals surface area contributed by atoms with E-state index in [1.165, 1.54) is 0 Å². The van der Waals surface area contributed by atoms with Crippen molar-refractivity contribution < 1.29 is 62.8 Å². The average Bonchev–Trinajstić information content (AvgIpc) is 3.44. The van der Waals surface area contributed by atoms with Crippen LogP contribution in [0.4, 0.5) is 0 Å². The molecule has 0 unspecified atom stereocenters. The van der Waals surface area contributed by atoms with E-state index in [2.05, 4.69) is 16.0 Å². The third kappa shape index (κ3) is 28.1. The third-order valence-electron chi connectivity index (χ3n) is 8.09. The zero-order chi connectivity index (χ0) is 43.4. The Hall–Kier alpha value is -4.38. The molecule has 17 heteroatoms. The molecule has 0 aliphatic rings. The van der Waals surface area contributed by atoms with Crippen LogP contribution in [0.3, 0.4) is 0 Å². The van der Waals surface area contributed by atoms with Crippen LogP contribution >= 0.6 is 0 Å². The minimum atomic E-state index is -1.20. The molecule has 3 amide bonds. The number of unbranched alkanes of at least 4 members (excludes halogenated alkanes) is 6. The van der Waals surface area contributed by atoms with E-state index < -0.39 is 46.8 Å². The van der Waals surface area contributed by atoms with Gasteiger partial charge in [0.05, 0.1) is 6.42 Å². The molecule has 0 bridgehead atoms. The molecule has 1 aromatic rings. The van der Waals surface area contributed by atoms with E-state index in [9.17, 15) is 39.0 Å². The van der Waals surface area contributed by atoms with Gasteiger partial charge in [-0.1, -0.05) is 25.7 Å². The molecule has 0 saturated carbocycles. The second kappa shape index (κ2) is 28.9. The summed E-state index contributed by atoms with van der Waals surface area (Å²) in [5.74, 6) is -3.66. The summed E-state index contributed by atoms with van der Waals surface area (Å²) in [6.45, 7) is 13.7. The molecule has 0 aliphatic heterocycles. The van der Waals surface area contributed by atoms with Gasteiger partial charge in [-0.2, -0.15) is 0 Å². The fourth-order valence-corrected chi connectivity index (χ4v) is 5.27. The Bertz CT molecular complexity index is 1370. The molecule has 0 fully saturated rings. The van der Waals surface area contributed by atoms with Crippen molar-refractivity contribution in [1.29, 1.82) is 0 Å². The highest BCUT2D eigenvalue weighted by molar-refractivity contribution is 5.87. The van der Waals surface area contributed by atoms with Gasteiger partial charge in [-0.05, 0) is 86.5 Å². The van der Waals surface area contributed by atoms with Crippen LogP contribution in [0.1, 0.15) is 144 Å². The second-order valence-corrected chi connectivity index (χ2v) is 16.0. The summed E-state index contributed by atoms with van der Waals surface area (Å²) in [7, 11) is 0. The summed E-state index contributed by atoms with van der Waals surface area (Å²) < 4.78 is 22.4. The minimum Gasteiger partial charge on any atom is -0.492 e. The summed E-state index contributed by atoms with van der Waals surface area (Å²) in [5, 5.41) is 27.5. The van der Waals surface area contributed by atoms with Gasteiger partial charge in [0.25, 0.3) is 0 Å². The first-order valence-corrected chi connectivity index (χ1v) is 20.6. The maximum absolute atomic E-state index is 12.7. The van der Waals surface area contributed by atoms with Gasteiger partial charge in [-0.25, -0.2) is 9.59 Å². The van der Waals surface area contributed by atoms with Crippen LogP contribution < -0.4 is 20.8 Å². The van der Waals surface area contributed by atoms with Crippen LogP contribution in [-0.2, 0) is 47.7 Å². The zero-order valence-electron chi connectivity index (χ0n) is 35.6. The Balaban J connectivity index is 2.04. The monoisotopic (exact) mass is 826 g/mol. The van der Waals surface area contributed by atoms with E-state index in [1.807, 2.05) is 20.8 Å². The fourth-order valence-electron chi connectivity index (χ4n) is 5.27. The average molecular weight is 827 g/mol. The predicted octanol–water partition coefficient (Wildman–Crippen LogP) is 4.53. The first kappa shape index (κ1) is 51.6. The van der Waals surface area contributed by atoms with E-state index in [0.717, 1.165) is 69.9 Å². The number of hydrogen-bond acceptors (Lipinski definition) is 13. The smallest absolute Gasteiger partial charge is 0.333 e. The standard InChI is InChI=1S/C41H70N4O13/c1-40(2,3)56-37(51)18-12-10-8-7-9-11-17-32(46)42-25-15-29-54-27-13-14-28-55-30-16-26-43-33(47)20-21-34(48)44-31(39(53)57-41(4,5)6)19-24-38(52)58-45-35(49)22-23-36(45)50/h22-23,31,49-50H,7-21,24-30H2,1-6H3,(H,42,46)(H,43,47)(H,44,48)/t31-/m0/s1. The molecule has 1 heterocycles. The lowest BCUT2D eigenvalue weighted by atomic mass is 10.1. The summed E-state index contributed by atoms with van der Waals surface area (Å²) in [4.78, 5) is 78.5. The van der Waals surface area contributed by atoms with E-state index in [-0.39, 0.29) is 43.5 Å². The molecular weight excluding hydrogens is 756 g/mol. The number of amides is 3. The first-order chi connectivity index (χ1) is 27.4. The highest BCUT2D eigenvalue weighted by Crippen LogP contribution is 2.19. The van der Waals surface area contributed by atoms with Crippen LogP contribution in [-0.4, -0.2) is 107 Å². The zero-order valence-corrected chi connectivity index (χ0v) is 35.6. The van der Waals surface area contributed by atoms with Gasteiger partial charge in [0.2, 0.25) is 29.5 Å². The molecule has 0 saturated heterocycles. The van der Waals surface area contributed by atoms with E-state index in [0.29, 0.717) is 63.5 Å². The van der Waals surface area contributed by atoms with E-state index in [4.69, 9.17) is 23.8 Å². The Morgan fingerprint density at radius 1 is 0.569 bits per heavy atom. The van der Waals surface area contributed by atoms with Crippen molar-refractivity contribution in [1.82, 2.24) is 20.7 Å². The van der Waals surface area contributed by atoms with Gasteiger partial charge >= 0.3 is 17.9 Å². The van der Waals surface area contributed by atoms with Crippen LogP contribution in [0, 0.1) is 0 Å². The van der Waals surface area contributed by atoms with Crippen molar-refractivity contribution in [3.63, 3.8) is 0 Å². The normalized spacial score (nSPS) is 12.0. The predicted molar refractivity (Wildman–Crippen MR) is 214 cm³/mol. The van der Waals surface area contributed by atoms with Gasteiger partial charge in [0, 0.05) is 77.3 Å². The summed E-state index contributed by atoms with van der Waals surface area (Å²) >= 11 is 0. The van der Waals surface area contributed by atoms with Gasteiger partial charge in [-0.3, -0.25) is 19.2 Å². The van der Waals surface area contributed by atoms with Crippen molar-refractivity contribution in [3.8, 4) is 11.8 Å². The van der Waals surface area contributed by atoms with Crippen molar-refractivity contribution in [2.24, 2.45) is 0 Å². The number of esters is 2. The summed E-state index contributed by atoms with van der Waals surface area (Å²) in [6.07, 6.45) is 8.91. The Morgan fingerprint density at radius 3 is 1.57 bits per heavy atom. The SMILES string of the molecule is CC(C)(C)OC(=O)CCCCCCCCC(=O)NCCCOCCCCOCCCNC(=O)CCC(=O)N[C@@H](CCC(=O)On1c(O)ccc1O)C(=O)OC(C)(C)C. The minimum absolute atomic E-state index is 0.0616. The highest BCUT2D eigenvalue weighted by atomic mass is 16.7. The number of aromatic hydroxyl groups is 2. The lowest BCUT2D eigenvalue weighted by molar-refractivity contribution is -0.159. The first-order valence-electron chi connectivity index (χ1n) is 20.6. The largest absolute Gasteiger partial charge is 0.492 e. The van der Waals surface area contributed by atoms with Crippen LogP contribution in [0.5, 0.6) is 11.8 Å². The maximum atomic E-state index is 12.7. The fraction of sp³-hybridized carbons (Fsp3) is 0.756. The van der Waals surface area contributed by atoms with Gasteiger partial charge in [0.1, 0.15) is 17.2 Å². The molecule has 0 aromatic carbocycles. The number of carbonyl (C=O) groups excluding carboxylic acids is 6. The van der Waals surface area contributed by atoms with Crippen molar-refractivity contribution >= 4 is 35.6 Å². The Morgan fingerprint density at radius 2 is 1.03 bits per heavy atom. The lowest BCUT2D eigenvalue weighted by Crippen LogP contribution is -2.45. The Kier molecular flexibility index (Phi) is 25.8. The van der Waals surface area contributed by atoms with Gasteiger partial charge in [0.15, 0.2) is 0 Å². The molecule has 0 radical (unpaired) electrons. The van der Waals surface area contributed by atoms with Crippen molar-refractivity contribution in [2.75, 3.05) is 39.5 Å². The molecule has 1 atom stereocenters. The topological polar surface area (TPSA) is 230 Å². The maximum Gasteiger partial charge on any atom is 0.333 e. The number of nitrogens with one attached hydrogen (secondary N) is 3. The van der Waals surface area contributed by atoms with Crippen LogP contribution in [0.25, 0.3) is 0 Å². The van der Waals surface area contributed by atoms with Gasteiger partial charge in [-0.15, -0.1) is 4.73 Å². The lowest BCUT2D eigenvalue weighted by Gasteiger charge is -2.24. The second-order valence-electron chi connectivity index (χ2n) is 16.0. The Labute approximate surface area is 343 Å². The number of rotatable bonds is 31. The van der Waals surface area contributed by atoms with E-state index in [1.54, 1.807) is 20.8 Å². The quantitative estimate of drug-likeness (QED) is 0.0513. The number of carbonyl (C=O) groups is 6. The number of hydrogen-bond donors (Lipinski definition) is 5. The van der Waals surface area contributed by atoms with Crippen LogP contribution in [0.2, 0.25) is 0 Å². The number of ether oxygens (including phenoxy) is 4. The molecular formula is C41H70N4O13. The van der Waals surface area contributed by atoms with Crippen LogP contribution in [0.15, 0.2) is 12.1 Å². The van der Waals surface area contributed by atoms with E-state index >= 15 is 0 Å². The molecule has 0 spiro atoms. The molecule has 58 heavy (non-hydrogen) atoms. The van der Waals surface area contributed by atoms with Crippen molar-refractivity contribution in [2.45, 2.75) is 162 Å². The molecule has 1 rings (SSSR count). The molecule has 332 valence electrons. The summed E-state index contributed by atoms with van der Waals surface area (Å²) in [6, 6.07) is 1.04. The molecule has 0 aliphatic carbocycles. The number of nitrogens with zero attached hydrogens (tertiary/aromatic N) is 1. The molecule has 5 N–H and O–H groups in total. The third-order valence-corrected chi connectivity index (χ3v) is 8.09. The molecule has 1 aromatic heterocycles. The van der Waals surface area contributed by atoms with Gasteiger partial charge < -0.3 is 49.9 Å². The number of aromatic nitrogens is 1. The summed E-state index contributed by atoms with van der Waals surface area (Å²) in [5.41, 5.74) is -1.30. The van der Waals surface area contributed by atoms with Crippen molar-refractivity contribution in [3.05, 3.63) is 12.1 Å². The highest BCUT2D eigenvalue weighted by Gasteiger charge is 2.28.